The third-order valence-electron chi connectivity index (χ3n) is 5.10. The van der Waals surface area contributed by atoms with Crippen LogP contribution >= 0.6 is 24.0 Å². The second kappa shape index (κ2) is 11.8. The third-order valence-corrected chi connectivity index (χ3v) is 5.10. The summed E-state index contributed by atoms with van der Waals surface area (Å²) in [5.41, 5.74) is 2.22. The van der Waals surface area contributed by atoms with Crippen LogP contribution in [0.5, 0.6) is 0 Å². The summed E-state index contributed by atoms with van der Waals surface area (Å²) in [6.45, 7) is 12.9. The molecule has 0 aromatic carbocycles. The SMILES string of the molecule is CCc1noc(CC)c1CNC(=NC)NCC1CCCN(C(C)C)C1.I. The molecule has 2 N–H and O–H groups in total. The van der Waals surface area contributed by atoms with E-state index in [0.29, 0.717) is 18.5 Å². The van der Waals surface area contributed by atoms with Gasteiger partial charge in [-0.3, -0.25) is 4.99 Å². The Morgan fingerprint density at radius 2 is 2.08 bits per heavy atom. The molecule has 150 valence electrons. The molecular weight excluding hydrogens is 441 g/mol. The summed E-state index contributed by atoms with van der Waals surface area (Å²) < 4.78 is 5.44. The molecule has 0 amide bonds. The lowest BCUT2D eigenvalue weighted by Gasteiger charge is -2.35. The van der Waals surface area contributed by atoms with E-state index in [9.17, 15) is 0 Å². The minimum absolute atomic E-state index is 0. The number of likely N-dealkylation sites (tertiary alicyclic amines) is 1. The number of piperidine rings is 1. The van der Waals surface area contributed by atoms with Gasteiger partial charge in [0.2, 0.25) is 0 Å². The van der Waals surface area contributed by atoms with E-state index in [4.69, 9.17) is 4.52 Å². The van der Waals surface area contributed by atoms with Crippen molar-refractivity contribution in [2.45, 2.75) is 66.0 Å². The average molecular weight is 477 g/mol. The highest BCUT2D eigenvalue weighted by atomic mass is 127. The zero-order valence-corrected chi connectivity index (χ0v) is 19.3. The molecular formula is C19H36IN5O. The number of nitrogens with zero attached hydrogens (tertiary/aromatic N) is 3. The maximum Gasteiger partial charge on any atom is 0.191 e. The van der Waals surface area contributed by atoms with Gasteiger partial charge in [0.25, 0.3) is 0 Å². The monoisotopic (exact) mass is 477 g/mol. The van der Waals surface area contributed by atoms with Crippen molar-refractivity contribution in [1.82, 2.24) is 20.7 Å². The Morgan fingerprint density at radius 1 is 1.31 bits per heavy atom. The molecule has 1 aliphatic rings. The fraction of sp³-hybridized carbons (Fsp3) is 0.789. The Bertz CT molecular complexity index is 537. The number of guanidine groups is 1. The normalized spacial score (nSPS) is 18.7. The van der Waals surface area contributed by atoms with Crippen molar-refractivity contribution in [2.75, 3.05) is 26.7 Å². The molecule has 1 fully saturated rings. The molecule has 0 bridgehead atoms. The first kappa shape index (κ1) is 23.2. The summed E-state index contributed by atoms with van der Waals surface area (Å²) in [5, 5.41) is 11.1. The Labute approximate surface area is 175 Å². The van der Waals surface area contributed by atoms with Gasteiger partial charge in [-0.15, -0.1) is 24.0 Å². The molecule has 1 saturated heterocycles. The third kappa shape index (κ3) is 6.40. The summed E-state index contributed by atoms with van der Waals surface area (Å²) in [6.07, 6.45) is 4.33. The zero-order chi connectivity index (χ0) is 18.2. The lowest BCUT2D eigenvalue weighted by Crippen LogP contribution is -2.46. The van der Waals surface area contributed by atoms with Crippen LogP contribution in [-0.4, -0.2) is 48.7 Å². The van der Waals surface area contributed by atoms with E-state index >= 15 is 0 Å². The number of aryl methyl sites for hydroxylation is 2. The number of nitrogens with one attached hydrogen (secondary N) is 2. The molecule has 0 saturated carbocycles. The molecule has 26 heavy (non-hydrogen) atoms. The van der Waals surface area contributed by atoms with E-state index in [2.05, 4.69) is 53.4 Å². The largest absolute Gasteiger partial charge is 0.361 e. The number of hydrogen-bond acceptors (Lipinski definition) is 4. The van der Waals surface area contributed by atoms with Gasteiger partial charge >= 0.3 is 0 Å². The molecule has 2 rings (SSSR count). The molecule has 1 unspecified atom stereocenters. The predicted octanol–water partition coefficient (Wildman–Crippen LogP) is 3.20. The number of aliphatic imine (C=N–C) groups is 1. The lowest BCUT2D eigenvalue weighted by molar-refractivity contribution is 0.141. The zero-order valence-electron chi connectivity index (χ0n) is 17.0. The summed E-state index contributed by atoms with van der Waals surface area (Å²) in [4.78, 5) is 6.94. The van der Waals surface area contributed by atoms with Crippen molar-refractivity contribution in [2.24, 2.45) is 10.9 Å². The fourth-order valence-electron chi connectivity index (χ4n) is 3.50. The second-order valence-corrected chi connectivity index (χ2v) is 7.14. The Kier molecular flexibility index (Phi) is 10.5. The fourth-order valence-corrected chi connectivity index (χ4v) is 3.50. The van der Waals surface area contributed by atoms with Crippen molar-refractivity contribution in [3.8, 4) is 0 Å². The van der Waals surface area contributed by atoms with Gasteiger partial charge in [0.1, 0.15) is 5.76 Å². The van der Waals surface area contributed by atoms with Crippen molar-refractivity contribution < 1.29 is 4.52 Å². The van der Waals surface area contributed by atoms with Crippen molar-refractivity contribution in [3.05, 3.63) is 17.0 Å². The summed E-state index contributed by atoms with van der Waals surface area (Å²) in [7, 11) is 1.83. The smallest absolute Gasteiger partial charge is 0.191 e. The Morgan fingerprint density at radius 3 is 2.69 bits per heavy atom. The van der Waals surface area contributed by atoms with Gasteiger partial charge in [-0.2, -0.15) is 0 Å². The topological polar surface area (TPSA) is 65.7 Å². The number of aromatic nitrogens is 1. The summed E-state index contributed by atoms with van der Waals surface area (Å²) >= 11 is 0. The van der Waals surface area contributed by atoms with E-state index in [1.807, 2.05) is 7.05 Å². The highest BCUT2D eigenvalue weighted by molar-refractivity contribution is 14.0. The van der Waals surface area contributed by atoms with Crippen molar-refractivity contribution in [1.29, 1.82) is 0 Å². The molecule has 6 nitrogen and oxygen atoms in total. The number of hydrogen-bond donors (Lipinski definition) is 2. The van der Waals surface area contributed by atoms with Gasteiger partial charge in [-0.1, -0.05) is 19.0 Å². The van der Waals surface area contributed by atoms with Gasteiger partial charge in [0.15, 0.2) is 5.96 Å². The van der Waals surface area contributed by atoms with Crippen LogP contribution in [0, 0.1) is 5.92 Å². The quantitative estimate of drug-likeness (QED) is 0.359. The van der Waals surface area contributed by atoms with Crippen molar-refractivity contribution >= 4 is 29.9 Å². The van der Waals surface area contributed by atoms with Crippen LogP contribution in [-0.2, 0) is 19.4 Å². The van der Waals surface area contributed by atoms with Crippen molar-refractivity contribution in [3.63, 3.8) is 0 Å². The van der Waals surface area contributed by atoms with Crippen LogP contribution in [0.25, 0.3) is 0 Å². The van der Waals surface area contributed by atoms with E-state index < -0.39 is 0 Å². The predicted molar refractivity (Wildman–Crippen MR) is 118 cm³/mol. The standard InChI is InChI=1S/C19H35N5O.HI/c1-6-17-16(18(7-2)25-23-17)12-22-19(20-5)21-11-15-9-8-10-24(13-15)14(3)4;/h14-15H,6-13H2,1-5H3,(H2,20,21,22);1H. The van der Waals surface area contributed by atoms with Crippen LogP contribution in [0.15, 0.2) is 9.52 Å². The number of rotatable bonds is 7. The lowest BCUT2D eigenvalue weighted by atomic mass is 9.97. The molecule has 1 aliphatic heterocycles. The molecule has 7 heteroatoms. The molecule has 2 heterocycles. The minimum atomic E-state index is 0. The summed E-state index contributed by atoms with van der Waals surface area (Å²) in [5.74, 6) is 2.51. The number of halogens is 1. The Hall–Kier alpha value is -0.830. The van der Waals surface area contributed by atoms with Crippen LogP contribution < -0.4 is 10.6 Å². The van der Waals surface area contributed by atoms with Gasteiger partial charge in [-0.05, 0) is 45.6 Å². The van der Waals surface area contributed by atoms with Gasteiger partial charge in [-0.25, -0.2) is 0 Å². The van der Waals surface area contributed by atoms with Crippen LogP contribution in [0.2, 0.25) is 0 Å². The summed E-state index contributed by atoms with van der Waals surface area (Å²) in [6, 6.07) is 0.633. The first-order chi connectivity index (χ1) is 12.1. The van der Waals surface area contributed by atoms with Crippen LogP contribution in [0.4, 0.5) is 0 Å². The molecule has 1 aromatic heterocycles. The molecule has 1 atom stereocenters. The van der Waals surface area contributed by atoms with E-state index in [1.54, 1.807) is 0 Å². The average Bonchev–Trinajstić information content (AvgIpc) is 3.04. The first-order valence-electron chi connectivity index (χ1n) is 9.73. The Balaban J connectivity index is 0.00000338. The van der Waals surface area contributed by atoms with E-state index in [-0.39, 0.29) is 24.0 Å². The maximum atomic E-state index is 5.44. The molecule has 0 radical (unpaired) electrons. The van der Waals surface area contributed by atoms with Crippen LogP contribution in [0.3, 0.4) is 0 Å². The maximum absolute atomic E-state index is 5.44. The highest BCUT2D eigenvalue weighted by Gasteiger charge is 2.21. The van der Waals surface area contributed by atoms with Gasteiger partial charge < -0.3 is 20.1 Å². The van der Waals surface area contributed by atoms with E-state index in [0.717, 1.165) is 36.8 Å². The first-order valence-corrected chi connectivity index (χ1v) is 9.73. The highest BCUT2D eigenvalue weighted by Crippen LogP contribution is 2.18. The molecule has 0 aliphatic carbocycles. The van der Waals surface area contributed by atoms with Gasteiger partial charge in [0.05, 0.1) is 5.69 Å². The van der Waals surface area contributed by atoms with E-state index in [1.165, 1.54) is 31.5 Å². The van der Waals surface area contributed by atoms with Crippen LogP contribution in [0.1, 0.15) is 57.6 Å². The minimum Gasteiger partial charge on any atom is -0.361 e. The van der Waals surface area contributed by atoms with Gasteiger partial charge in [0, 0.05) is 44.7 Å². The second-order valence-electron chi connectivity index (χ2n) is 7.14. The molecule has 0 spiro atoms. The molecule has 1 aromatic rings.